The maximum Gasteiger partial charge on any atom is 0.0707 e. The van der Waals surface area contributed by atoms with Crippen LogP contribution in [-0.4, -0.2) is 4.98 Å². The van der Waals surface area contributed by atoms with E-state index >= 15 is 0 Å². The van der Waals surface area contributed by atoms with E-state index in [0.29, 0.717) is 5.88 Å². The number of nitrogens with zero attached hydrogens (tertiary/aromatic N) is 1. The smallest absolute Gasteiger partial charge is 0.0707 e. The van der Waals surface area contributed by atoms with E-state index < -0.39 is 0 Å². The highest BCUT2D eigenvalue weighted by molar-refractivity contribution is 6.16. The van der Waals surface area contributed by atoms with Gasteiger partial charge in [0.05, 0.1) is 17.1 Å². The number of hydrogen-bond acceptors (Lipinski definition) is 2. The van der Waals surface area contributed by atoms with Crippen LogP contribution in [0.3, 0.4) is 0 Å². The third-order valence-corrected chi connectivity index (χ3v) is 2.18. The SMILES string of the molecule is Nc1ccc2nc(CCl)ccc2c1. The summed E-state index contributed by atoms with van der Waals surface area (Å²) in [6, 6.07) is 9.54. The van der Waals surface area contributed by atoms with Crippen LogP contribution in [-0.2, 0) is 5.88 Å². The summed E-state index contributed by atoms with van der Waals surface area (Å²) in [4.78, 5) is 4.35. The van der Waals surface area contributed by atoms with Gasteiger partial charge in [0.15, 0.2) is 0 Å². The molecule has 1 aromatic carbocycles. The number of nitrogens with two attached hydrogens (primary N) is 1. The minimum absolute atomic E-state index is 0.445. The molecular weight excluding hydrogens is 184 g/mol. The molecule has 0 fully saturated rings. The number of nitrogen functional groups attached to an aromatic ring is 1. The summed E-state index contributed by atoms with van der Waals surface area (Å²) in [6.07, 6.45) is 0. The Labute approximate surface area is 81.3 Å². The van der Waals surface area contributed by atoms with Crippen molar-refractivity contribution in [1.29, 1.82) is 0 Å². The fraction of sp³-hybridized carbons (Fsp3) is 0.100. The molecule has 0 unspecified atom stereocenters. The van der Waals surface area contributed by atoms with Crippen LogP contribution in [0.25, 0.3) is 10.9 Å². The lowest BCUT2D eigenvalue weighted by atomic mass is 10.2. The van der Waals surface area contributed by atoms with Crippen LogP contribution in [0.2, 0.25) is 0 Å². The van der Waals surface area contributed by atoms with Gasteiger partial charge in [-0.3, -0.25) is 4.98 Å². The van der Waals surface area contributed by atoms with Gasteiger partial charge in [-0.1, -0.05) is 6.07 Å². The number of rotatable bonds is 1. The first-order chi connectivity index (χ1) is 6.29. The summed E-state index contributed by atoms with van der Waals surface area (Å²) in [5.41, 5.74) is 8.22. The lowest BCUT2D eigenvalue weighted by Gasteiger charge is -2.00. The summed E-state index contributed by atoms with van der Waals surface area (Å²) in [5.74, 6) is 0.445. The van der Waals surface area contributed by atoms with E-state index in [1.807, 2.05) is 30.3 Å². The predicted molar refractivity (Wildman–Crippen MR) is 55.7 cm³/mol. The fourth-order valence-electron chi connectivity index (χ4n) is 1.26. The molecule has 2 rings (SSSR count). The molecule has 0 saturated heterocycles. The van der Waals surface area contributed by atoms with Gasteiger partial charge in [-0.05, 0) is 24.3 Å². The lowest BCUT2D eigenvalue weighted by molar-refractivity contribution is 1.22. The Morgan fingerprint density at radius 1 is 1.23 bits per heavy atom. The molecule has 3 heteroatoms. The number of pyridine rings is 1. The van der Waals surface area contributed by atoms with Crippen molar-refractivity contribution in [2.45, 2.75) is 5.88 Å². The molecule has 2 nitrogen and oxygen atoms in total. The summed E-state index contributed by atoms with van der Waals surface area (Å²) in [6.45, 7) is 0. The number of halogens is 1. The van der Waals surface area contributed by atoms with E-state index in [4.69, 9.17) is 17.3 Å². The van der Waals surface area contributed by atoms with Gasteiger partial charge in [-0.2, -0.15) is 0 Å². The molecule has 0 aliphatic carbocycles. The molecule has 1 heterocycles. The molecule has 0 spiro atoms. The van der Waals surface area contributed by atoms with Crippen molar-refractivity contribution in [1.82, 2.24) is 4.98 Å². The number of benzene rings is 1. The third-order valence-electron chi connectivity index (χ3n) is 1.91. The summed E-state index contributed by atoms with van der Waals surface area (Å²) >= 11 is 5.67. The second-order valence-corrected chi connectivity index (χ2v) is 3.16. The topological polar surface area (TPSA) is 38.9 Å². The second-order valence-electron chi connectivity index (χ2n) is 2.89. The zero-order chi connectivity index (χ0) is 9.26. The molecule has 0 saturated carbocycles. The molecule has 13 heavy (non-hydrogen) atoms. The standard InChI is InChI=1S/C10H9ClN2/c11-6-9-3-1-7-5-8(12)2-4-10(7)13-9/h1-5H,6,12H2. The molecule has 1 aromatic heterocycles. The highest BCUT2D eigenvalue weighted by atomic mass is 35.5. The Hall–Kier alpha value is -1.28. The molecule has 0 radical (unpaired) electrons. The molecule has 0 amide bonds. The van der Waals surface area contributed by atoms with Gasteiger partial charge >= 0.3 is 0 Å². The van der Waals surface area contributed by atoms with Crippen molar-refractivity contribution in [3.8, 4) is 0 Å². The van der Waals surface area contributed by atoms with Crippen LogP contribution >= 0.6 is 11.6 Å². The molecular formula is C10H9ClN2. The number of aromatic nitrogens is 1. The summed E-state index contributed by atoms with van der Waals surface area (Å²) in [5, 5.41) is 1.05. The Morgan fingerprint density at radius 2 is 2.08 bits per heavy atom. The molecule has 0 aliphatic rings. The predicted octanol–water partition coefficient (Wildman–Crippen LogP) is 2.56. The second kappa shape index (κ2) is 3.23. The fourth-order valence-corrected chi connectivity index (χ4v) is 1.41. The number of hydrogen-bond donors (Lipinski definition) is 1. The van der Waals surface area contributed by atoms with Crippen molar-refractivity contribution in [3.05, 3.63) is 36.0 Å². The van der Waals surface area contributed by atoms with E-state index in [2.05, 4.69) is 4.98 Å². The molecule has 2 aromatic rings. The van der Waals surface area contributed by atoms with Crippen molar-refractivity contribution in [2.24, 2.45) is 0 Å². The Morgan fingerprint density at radius 3 is 2.85 bits per heavy atom. The average Bonchev–Trinajstić information content (AvgIpc) is 2.17. The van der Waals surface area contributed by atoms with E-state index in [0.717, 1.165) is 22.3 Å². The Bertz CT molecular complexity index is 440. The van der Waals surface area contributed by atoms with E-state index in [9.17, 15) is 0 Å². The number of anilines is 1. The lowest BCUT2D eigenvalue weighted by Crippen LogP contribution is -1.88. The highest BCUT2D eigenvalue weighted by Crippen LogP contribution is 2.16. The third kappa shape index (κ3) is 1.58. The van der Waals surface area contributed by atoms with Gasteiger partial charge in [0, 0.05) is 11.1 Å². The first-order valence-electron chi connectivity index (χ1n) is 4.01. The summed E-state index contributed by atoms with van der Waals surface area (Å²) in [7, 11) is 0. The average molecular weight is 193 g/mol. The molecule has 2 N–H and O–H groups in total. The van der Waals surface area contributed by atoms with Crippen molar-refractivity contribution >= 4 is 28.2 Å². The minimum atomic E-state index is 0.445. The van der Waals surface area contributed by atoms with Crippen LogP contribution in [0, 0.1) is 0 Å². The van der Waals surface area contributed by atoms with Crippen LogP contribution < -0.4 is 5.73 Å². The van der Waals surface area contributed by atoms with Gasteiger partial charge < -0.3 is 5.73 Å². The van der Waals surface area contributed by atoms with Gasteiger partial charge in [0.1, 0.15) is 0 Å². The largest absolute Gasteiger partial charge is 0.399 e. The number of fused-ring (bicyclic) bond motifs is 1. The quantitative estimate of drug-likeness (QED) is 0.557. The number of alkyl halides is 1. The van der Waals surface area contributed by atoms with E-state index in [1.165, 1.54) is 0 Å². The summed E-state index contributed by atoms with van der Waals surface area (Å²) < 4.78 is 0. The van der Waals surface area contributed by atoms with Gasteiger partial charge in [-0.15, -0.1) is 11.6 Å². The first-order valence-corrected chi connectivity index (χ1v) is 4.54. The monoisotopic (exact) mass is 192 g/mol. The Kier molecular flexibility index (Phi) is 2.07. The zero-order valence-electron chi connectivity index (χ0n) is 7.00. The first kappa shape index (κ1) is 8.32. The van der Waals surface area contributed by atoms with Crippen LogP contribution in [0.4, 0.5) is 5.69 Å². The van der Waals surface area contributed by atoms with E-state index in [-0.39, 0.29) is 0 Å². The zero-order valence-corrected chi connectivity index (χ0v) is 7.75. The van der Waals surface area contributed by atoms with Gasteiger partial charge in [0.25, 0.3) is 0 Å². The van der Waals surface area contributed by atoms with Crippen LogP contribution in [0.1, 0.15) is 5.69 Å². The molecule has 66 valence electrons. The minimum Gasteiger partial charge on any atom is -0.399 e. The molecule has 0 aliphatic heterocycles. The van der Waals surface area contributed by atoms with Crippen molar-refractivity contribution in [2.75, 3.05) is 5.73 Å². The Balaban J connectivity index is 2.66. The normalized spacial score (nSPS) is 10.5. The van der Waals surface area contributed by atoms with Crippen molar-refractivity contribution in [3.63, 3.8) is 0 Å². The van der Waals surface area contributed by atoms with Crippen LogP contribution in [0.15, 0.2) is 30.3 Å². The van der Waals surface area contributed by atoms with Crippen molar-refractivity contribution < 1.29 is 0 Å². The maximum absolute atomic E-state index is 5.67. The molecule has 0 bridgehead atoms. The maximum atomic E-state index is 5.67. The van der Waals surface area contributed by atoms with Crippen LogP contribution in [0.5, 0.6) is 0 Å². The van der Waals surface area contributed by atoms with E-state index in [1.54, 1.807) is 0 Å². The van der Waals surface area contributed by atoms with Gasteiger partial charge in [-0.25, -0.2) is 0 Å². The molecule has 0 atom stereocenters. The van der Waals surface area contributed by atoms with Gasteiger partial charge in [0.2, 0.25) is 0 Å². The highest BCUT2D eigenvalue weighted by Gasteiger charge is 1.97.